The maximum atomic E-state index is 10.4. The summed E-state index contributed by atoms with van der Waals surface area (Å²) in [6.45, 7) is 1.83. The lowest BCUT2D eigenvalue weighted by molar-refractivity contribution is -0.105. The molecule has 0 bridgehead atoms. The fourth-order valence-electron chi connectivity index (χ4n) is 1.34. The van der Waals surface area contributed by atoms with Crippen molar-refractivity contribution in [3.05, 3.63) is 36.2 Å². The molecule has 0 aliphatic carbocycles. The van der Waals surface area contributed by atoms with E-state index in [9.17, 15) is 4.79 Å². The van der Waals surface area contributed by atoms with E-state index in [-0.39, 0.29) is 0 Å². The first-order valence-electron chi connectivity index (χ1n) is 4.53. The monoisotopic (exact) mass is 202 g/mol. The van der Waals surface area contributed by atoms with Crippen molar-refractivity contribution >= 4 is 12.1 Å². The number of rotatable bonds is 3. The number of hydrogen-bond acceptors (Lipinski definition) is 3. The number of carbonyl (C=O) groups is 1. The summed E-state index contributed by atoms with van der Waals surface area (Å²) in [6.07, 6.45) is 2.28. The highest BCUT2D eigenvalue weighted by Gasteiger charge is 2.08. The van der Waals surface area contributed by atoms with Crippen LogP contribution in [0.4, 0.5) is 5.69 Å². The topological polar surface area (TPSA) is 55.1 Å². The summed E-state index contributed by atoms with van der Waals surface area (Å²) in [5.41, 5.74) is 1.46. The molecule has 1 N–H and O–H groups in total. The number of anilines is 1. The van der Waals surface area contributed by atoms with Crippen LogP contribution in [-0.2, 0) is 4.79 Å². The van der Waals surface area contributed by atoms with Crippen LogP contribution in [-0.4, -0.2) is 11.4 Å². The standard InChI is InChI=1S/C11H10N2O2/c1-8-6-12-11(15-8)9-4-2-3-5-10(9)13-7-14/h2-7H,1H3,(H,13,14). The van der Waals surface area contributed by atoms with Gasteiger partial charge in [-0.25, -0.2) is 4.98 Å². The predicted molar refractivity (Wildman–Crippen MR) is 56.4 cm³/mol. The van der Waals surface area contributed by atoms with E-state index >= 15 is 0 Å². The molecule has 0 fully saturated rings. The molecular formula is C11H10N2O2. The van der Waals surface area contributed by atoms with Gasteiger partial charge in [0.15, 0.2) is 0 Å². The molecule has 0 aliphatic heterocycles. The number of benzene rings is 1. The number of hydrogen-bond donors (Lipinski definition) is 1. The Bertz CT molecular complexity index is 477. The van der Waals surface area contributed by atoms with Crippen LogP contribution < -0.4 is 5.32 Å². The van der Waals surface area contributed by atoms with Gasteiger partial charge in [-0.1, -0.05) is 12.1 Å². The van der Waals surface area contributed by atoms with E-state index in [0.29, 0.717) is 18.0 Å². The first-order valence-corrected chi connectivity index (χ1v) is 4.53. The maximum absolute atomic E-state index is 10.4. The van der Waals surface area contributed by atoms with E-state index in [2.05, 4.69) is 10.3 Å². The fourth-order valence-corrected chi connectivity index (χ4v) is 1.34. The Balaban J connectivity index is 2.47. The third-order valence-electron chi connectivity index (χ3n) is 1.99. The molecule has 0 radical (unpaired) electrons. The number of aromatic nitrogens is 1. The molecule has 4 heteroatoms. The minimum absolute atomic E-state index is 0.512. The van der Waals surface area contributed by atoms with Crippen molar-refractivity contribution in [3.63, 3.8) is 0 Å². The summed E-state index contributed by atoms with van der Waals surface area (Å²) >= 11 is 0. The number of para-hydroxylation sites is 1. The summed E-state index contributed by atoms with van der Waals surface area (Å²) in [4.78, 5) is 14.5. The fraction of sp³-hybridized carbons (Fsp3) is 0.0909. The van der Waals surface area contributed by atoms with Crippen LogP contribution in [0.1, 0.15) is 5.76 Å². The molecule has 2 rings (SSSR count). The molecule has 76 valence electrons. The van der Waals surface area contributed by atoms with Gasteiger partial charge in [0.2, 0.25) is 12.3 Å². The van der Waals surface area contributed by atoms with Crippen molar-refractivity contribution in [2.75, 3.05) is 5.32 Å². The van der Waals surface area contributed by atoms with Crippen LogP contribution in [0.5, 0.6) is 0 Å². The number of carbonyl (C=O) groups excluding carboxylic acids is 1. The van der Waals surface area contributed by atoms with Crippen molar-refractivity contribution in [1.82, 2.24) is 4.98 Å². The Labute approximate surface area is 86.9 Å². The summed E-state index contributed by atoms with van der Waals surface area (Å²) in [5, 5.41) is 2.60. The highest BCUT2D eigenvalue weighted by Crippen LogP contribution is 2.26. The van der Waals surface area contributed by atoms with E-state index in [1.54, 1.807) is 12.3 Å². The molecular weight excluding hydrogens is 192 g/mol. The molecule has 0 aliphatic rings. The Morgan fingerprint density at radius 2 is 2.20 bits per heavy atom. The number of amides is 1. The molecule has 0 atom stereocenters. The number of oxazole rings is 1. The SMILES string of the molecule is Cc1cnc(-c2ccccc2NC=O)o1. The van der Waals surface area contributed by atoms with Gasteiger partial charge in [-0.05, 0) is 19.1 Å². The van der Waals surface area contributed by atoms with Crippen LogP contribution in [0.2, 0.25) is 0 Å². The van der Waals surface area contributed by atoms with Gasteiger partial charge in [-0.15, -0.1) is 0 Å². The minimum Gasteiger partial charge on any atom is -0.441 e. The average Bonchev–Trinajstić information content (AvgIpc) is 2.66. The summed E-state index contributed by atoms with van der Waals surface area (Å²) in [6, 6.07) is 7.34. The molecule has 1 heterocycles. The average molecular weight is 202 g/mol. The zero-order chi connectivity index (χ0) is 10.7. The van der Waals surface area contributed by atoms with Gasteiger partial charge < -0.3 is 9.73 Å². The van der Waals surface area contributed by atoms with Gasteiger partial charge in [-0.2, -0.15) is 0 Å². The quantitative estimate of drug-likeness (QED) is 0.776. The lowest BCUT2D eigenvalue weighted by atomic mass is 10.2. The van der Waals surface area contributed by atoms with Gasteiger partial charge in [-0.3, -0.25) is 4.79 Å². The summed E-state index contributed by atoms with van der Waals surface area (Å²) in [5.74, 6) is 1.25. The van der Waals surface area contributed by atoms with Crippen molar-refractivity contribution in [2.45, 2.75) is 6.92 Å². The summed E-state index contributed by atoms with van der Waals surface area (Å²) < 4.78 is 5.39. The van der Waals surface area contributed by atoms with Gasteiger partial charge >= 0.3 is 0 Å². The Hall–Kier alpha value is -2.10. The zero-order valence-corrected chi connectivity index (χ0v) is 8.23. The molecule has 2 aromatic rings. The predicted octanol–water partition coefficient (Wildman–Crippen LogP) is 2.22. The van der Waals surface area contributed by atoms with Crippen LogP contribution >= 0.6 is 0 Å². The molecule has 0 unspecified atom stereocenters. The second-order valence-corrected chi connectivity index (χ2v) is 3.08. The number of nitrogens with zero attached hydrogens (tertiary/aromatic N) is 1. The van der Waals surface area contributed by atoms with E-state index in [0.717, 1.165) is 11.3 Å². The zero-order valence-electron chi connectivity index (χ0n) is 8.23. The lowest BCUT2D eigenvalue weighted by Crippen LogP contribution is -1.95. The minimum atomic E-state index is 0.512. The van der Waals surface area contributed by atoms with E-state index < -0.39 is 0 Å². The van der Waals surface area contributed by atoms with E-state index in [4.69, 9.17) is 4.42 Å². The smallest absolute Gasteiger partial charge is 0.228 e. The Morgan fingerprint density at radius 1 is 1.40 bits per heavy atom. The van der Waals surface area contributed by atoms with Crippen LogP contribution in [0.15, 0.2) is 34.9 Å². The molecule has 1 amide bonds. The van der Waals surface area contributed by atoms with Crippen LogP contribution in [0.3, 0.4) is 0 Å². The Morgan fingerprint density at radius 3 is 2.87 bits per heavy atom. The van der Waals surface area contributed by atoms with Crippen molar-refractivity contribution < 1.29 is 9.21 Å². The first-order chi connectivity index (χ1) is 7.31. The first kappa shape index (κ1) is 9.45. The third kappa shape index (κ3) is 1.88. The summed E-state index contributed by atoms with van der Waals surface area (Å²) in [7, 11) is 0. The largest absolute Gasteiger partial charge is 0.441 e. The molecule has 15 heavy (non-hydrogen) atoms. The normalized spacial score (nSPS) is 9.93. The van der Waals surface area contributed by atoms with Crippen molar-refractivity contribution in [3.8, 4) is 11.5 Å². The van der Waals surface area contributed by atoms with Gasteiger partial charge in [0, 0.05) is 0 Å². The molecule has 0 saturated heterocycles. The van der Waals surface area contributed by atoms with Gasteiger partial charge in [0.25, 0.3) is 0 Å². The van der Waals surface area contributed by atoms with E-state index in [1.807, 2.05) is 25.1 Å². The van der Waals surface area contributed by atoms with Gasteiger partial charge in [0.05, 0.1) is 17.4 Å². The van der Waals surface area contributed by atoms with Crippen molar-refractivity contribution in [2.24, 2.45) is 0 Å². The van der Waals surface area contributed by atoms with Crippen LogP contribution in [0.25, 0.3) is 11.5 Å². The molecule has 4 nitrogen and oxygen atoms in total. The molecule has 0 saturated carbocycles. The highest BCUT2D eigenvalue weighted by molar-refractivity contribution is 5.82. The maximum Gasteiger partial charge on any atom is 0.228 e. The molecule has 1 aromatic carbocycles. The molecule has 0 spiro atoms. The number of nitrogens with one attached hydrogen (secondary N) is 1. The Kier molecular flexibility index (Phi) is 2.49. The second kappa shape index (κ2) is 3.96. The lowest BCUT2D eigenvalue weighted by Gasteiger charge is -2.03. The van der Waals surface area contributed by atoms with E-state index in [1.165, 1.54) is 0 Å². The van der Waals surface area contributed by atoms with Gasteiger partial charge in [0.1, 0.15) is 5.76 Å². The third-order valence-corrected chi connectivity index (χ3v) is 1.99. The number of aryl methyl sites for hydroxylation is 1. The second-order valence-electron chi connectivity index (χ2n) is 3.08. The van der Waals surface area contributed by atoms with Crippen molar-refractivity contribution in [1.29, 1.82) is 0 Å². The highest BCUT2D eigenvalue weighted by atomic mass is 16.4. The molecule has 1 aromatic heterocycles. The van der Waals surface area contributed by atoms with Crippen LogP contribution in [0, 0.1) is 6.92 Å².